The van der Waals surface area contributed by atoms with Gasteiger partial charge < -0.3 is 0 Å². The second-order valence-electron chi connectivity index (χ2n) is 2.34. The van der Waals surface area contributed by atoms with E-state index in [1.807, 2.05) is 12.2 Å². The SMILES string of the molecule is C[C@H]1C=CC(C#N)=CC1. The van der Waals surface area contributed by atoms with Crippen LogP contribution in [0.5, 0.6) is 0 Å². The minimum Gasteiger partial charge on any atom is -0.192 e. The van der Waals surface area contributed by atoms with E-state index in [1.54, 1.807) is 0 Å². The number of hydrogen-bond donors (Lipinski definition) is 0. The Morgan fingerprint density at radius 1 is 1.78 bits per heavy atom. The van der Waals surface area contributed by atoms with Crippen LogP contribution in [0.2, 0.25) is 0 Å². The standard InChI is InChI=1S/C8H9N/c1-7-2-4-8(6-9)5-3-7/h2,4-5,7H,3H2,1H3/t7-/m0/s1. The van der Waals surface area contributed by atoms with Gasteiger partial charge >= 0.3 is 0 Å². The van der Waals surface area contributed by atoms with Crippen molar-refractivity contribution in [2.45, 2.75) is 13.3 Å². The van der Waals surface area contributed by atoms with Crippen molar-refractivity contribution in [1.82, 2.24) is 0 Å². The van der Waals surface area contributed by atoms with Crippen molar-refractivity contribution in [3.8, 4) is 6.07 Å². The largest absolute Gasteiger partial charge is 0.192 e. The van der Waals surface area contributed by atoms with Crippen molar-refractivity contribution in [3.63, 3.8) is 0 Å². The van der Waals surface area contributed by atoms with E-state index in [1.165, 1.54) is 0 Å². The summed E-state index contributed by atoms with van der Waals surface area (Å²) in [4.78, 5) is 0. The van der Waals surface area contributed by atoms with Gasteiger partial charge in [0.15, 0.2) is 0 Å². The van der Waals surface area contributed by atoms with Crippen molar-refractivity contribution in [1.29, 1.82) is 5.26 Å². The van der Waals surface area contributed by atoms with Gasteiger partial charge in [0, 0.05) is 5.57 Å². The van der Waals surface area contributed by atoms with Gasteiger partial charge in [-0.2, -0.15) is 5.26 Å². The summed E-state index contributed by atoms with van der Waals surface area (Å²) in [6.07, 6.45) is 6.94. The molecule has 0 fully saturated rings. The molecular weight excluding hydrogens is 110 g/mol. The normalized spacial score (nSPS) is 24.9. The van der Waals surface area contributed by atoms with Crippen LogP contribution in [0.15, 0.2) is 23.8 Å². The molecule has 0 heterocycles. The van der Waals surface area contributed by atoms with Crippen LogP contribution in [-0.4, -0.2) is 0 Å². The van der Waals surface area contributed by atoms with E-state index in [2.05, 4.69) is 19.1 Å². The lowest BCUT2D eigenvalue weighted by atomic mass is 9.99. The smallest absolute Gasteiger partial charge is 0.0988 e. The molecule has 0 radical (unpaired) electrons. The Kier molecular flexibility index (Phi) is 1.69. The molecular formula is C8H9N. The maximum atomic E-state index is 8.41. The molecule has 0 bridgehead atoms. The summed E-state index contributed by atoms with van der Waals surface area (Å²) in [7, 11) is 0. The molecule has 0 aromatic carbocycles. The number of rotatable bonds is 0. The van der Waals surface area contributed by atoms with E-state index in [0.717, 1.165) is 12.0 Å². The van der Waals surface area contributed by atoms with Crippen LogP contribution in [0.3, 0.4) is 0 Å². The molecule has 0 saturated heterocycles. The molecule has 0 aromatic rings. The lowest BCUT2D eigenvalue weighted by Crippen LogP contribution is -1.92. The second-order valence-corrected chi connectivity index (χ2v) is 2.34. The highest BCUT2D eigenvalue weighted by molar-refractivity contribution is 5.35. The Morgan fingerprint density at radius 3 is 3.00 bits per heavy atom. The van der Waals surface area contributed by atoms with Crippen LogP contribution in [0.1, 0.15) is 13.3 Å². The predicted octanol–water partition coefficient (Wildman–Crippen LogP) is 2.03. The molecule has 0 N–H and O–H groups in total. The van der Waals surface area contributed by atoms with Crippen LogP contribution in [-0.2, 0) is 0 Å². The molecule has 9 heavy (non-hydrogen) atoms. The van der Waals surface area contributed by atoms with E-state index in [4.69, 9.17) is 5.26 Å². The van der Waals surface area contributed by atoms with Crippen molar-refractivity contribution in [2.75, 3.05) is 0 Å². The molecule has 1 rings (SSSR count). The third-order valence-electron chi connectivity index (χ3n) is 1.44. The number of nitrogens with zero attached hydrogens (tertiary/aromatic N) is 1. The number of hydrogen-bond acceptors (Lipinski definition) is 1. The highest BCUT2D eigenvalue weighted by atomic mass is 14.2. The number of nitriles is 1. The zero-order valence-electron chi connectivity index (χ0n) is 5.46. The minimum atomic E-state index is 0.613. The Balaban J connectivity index is 2.66. The van der Waals surface area contributed by atoms with E-state index in [9.17, 15) is 0 Å². The van der Waals surface area contributed by atoms with E-state index in [-0.39, 0.29) is 0 Å². The molecule has 1 atom stereocenters. The molecule has 0 aromatic heterocycles. The van der Waals surface area contributed by atoms with Gasteiger partial charge in [0.1, 0.15) is 0 Å². The Bertz CT molecular complexity index is 193. The fourth-order valence-electron chi connectivity index (χ4n) is 0.810. The highest BCUT2D eigenvalue weighted by Crippen LogP contribution is 2.13. The summed E-state index contributed by atoms with van der Waals surface area (Å²) in [5.74, 6) is 0.613. The molecule has 1 heteroatoms. The van der Waals surface area contributed by atoms with E-state index in [0.29, 0.717) is 5.92 Å². The molecule has 1 aliphatic rings. The van der Waals surface area contributed by atoms with Gasteiger partial charge in [-0.15, -0.1) is 0 Å². The molecule has 1 nitrogen and oxygen atoms in total. The van der Waals surface area contributed by atoms with Crippen molar-refractivity contribution >= 4 is 0 Å². The maximum absolute atomic E-state index is 8.41. The van der Waals surface area contributed by atoms with Crippen LogP contribution in [0.25, 0.3) is 0 Å². The molecule has 0 amide bonds. The third kappa shape index (κ3) is 1.43. The van der Waals surface area contributed by atoms with Crippen molar-refractivity contribution in [3.05, 3.63) is 23.8 Å². The van der Waals surface area contributed by atoms with Crippen molar-refractivity contribution in [2.24, 2.45) is 5.92 Å². The zero-order chi connectivity index (χ0) is 6.69. The average Bonchev–Trinajstić information content (AvgIpc) is 1.90. The summed E-state index contributed by atoms with van der Waals surface area (Å²) in [5, 5.41) is 8.41. The zero-order valence-corrected chi connectivity index (χ0v) is 5.46. The Hall–Kier alpha value is -1.03. The highest BCUT2D eigenvalue weighted by Gasteiger charge is 2.00. The molecule has 1 aliphatic carbocycles. The Labute approximate surface area is 55.3 Å². The van der Waals surface area contributed by atoms with Crippen LogP contribution >= 0.6 is 0 Å². The lowest BCUT2D eigenvalue weighted by molar-refractivity contribution is 0.733. The first-order valence-electron chi connectivity index (χ1n) is 3.11. The quantitative estimate of drug-likeness (QED) is 0.478. The topological polar surface area (TPSA) is 23.8 Å². The van der Waals surface area contributed by atoms with E-state index >= 15 is 0 Å². The summed E-state index contributed by atoms with van der Waals surface area (Å²) in [6.45, 7) is 2.14. The summed E-state index contributed by atoms with van der Waals surface area (Å²) >= 11 is 0. The first kappa shape index (κ1) is 6.10. The minimum absolute atomic E-state index is 0.613. The maximum Gasteiger partial charge on any atom is 0.0988 e. The molecule has 0 unspecified atom stereocenters. The molecule has 0 spiro atoms. The monoisotopic (exact) mass is 119 g/mol. The fraction of sp³-hybridized carbons (Fsp3) is 0.375. The van der Waals surface area contributed by atoms with Gasteiger partial charge in [0.2, 0.25) is 0 Å². The van der Waals surface area contributed by atoms with Gasteiger partial charge in [0.05, 0.1) is 6.07 Å². The van der Waals surface area contributed by atoms with E-state index < -0.39 is 0 Å². The van der Waals surface area contributed by atoms with Crippen LogP contribution in [0.4, 0.5) is 0 Å². The molecule has 0 aliphatic heterocycles. The third-order valence-corrected chi connectivity index (χ3v) is 1.44. The van der Waals surface area contributed by atoms with Crippen molar-refractivity contribution < 1.29 is 0 Å². The summed E-state index contributed by atoms with van der Waals surface area (Å²) < 4.78 is 0. The van der Waals surface area contributed by atoms with Crippen LogP contribution in [0, 0.1) is 17.2 Å². The summed E-state index contributed by atoms with van der Waals surface area (Å²) in [5.41, 5.74) is 0.799. The van der Waals surface area contributed by atoms with Gasteiger partial charge in [-0.1, -0.05) is 19.1 Å². The van der Waals surface area contributed by atoms with Crippen LogP contribution < -0.4 is 0 Å². The lowest BCUT2D eigenvalue weighted by Gasteiger charge is -2.05. The molecule has 46 valence electrons. The van der Waals surface area contributed by atoms with Gasteiger partial charge in [-0.3, -0.25) is 0 Å². The fourth-order valence-corrected chi connectivity index (χ4v) is 0.810. The van der Waals surface area contributed by atoms with Gasteiger partial charge in [-0.05, 0) is 18.4 Å². The molecule has 0 saturated carbocycles. The average molecular weight is 119 g/mol. The predicted molar refractivity (Wildman–Crippen MR) is 36.6 cm³/mol. The number of allylic oxidation sites excluding steroid dienone is 4. The first-order chi connectivity index (χ1) is 4.33. The van der Waals surface area contributed by atoms with Gasteiger partial charge in [-0.25, -0.2) is 0 Å². The summed E-state index contributed by atoms with van der Waals surface area (Å²) in [6, 6.07) is 2.10. The first-order valence-corrected chi connectivity index (χ1v) is 3.11. The van der Waals surface area contributed by atoms with Gasteiger partial charge in [0.25, 0.3) is 0 Å². The Morgan fingerprint density at radius 2 is 2.56 bits per heavy atom. The second kappa shape index (κ2) is 2.50.